The van der Waals surface area contributed by atoms with E-state index >= 15 is 0 Å². The van der Waals surface area contributed by atoms with Crippen molar-refractivity contribution < 1.29 is 0 Å². The number of hydrogen-bond donors (Lipinski definition) is 0. The molecule has 0 aliphatic heterocycles. The summed E-state index contributed by atoms with van der Waals surface area (Å²) in [7, 11) is 0. The highest BCUT2D eigenvalue weighted by atomic mass is 127. The maximum atomic E-state index is 4.14. The summed E-state index contributed by atoms with van der Waals surface area (Å²) in [5.74, 6) is 2.63. The lowest BCUT2D eigenvalue weighted by molar-refractivity contribution is 0.223. The van der Waals surface area contributed by atoms with E-state index in [-0.39, 0.29) is 0 Å². The van der Waals surface area contributed by atoms with Gasteiger partial charge in [-0.15, -0.1) is 6.58 Å². The highest BCUT2D eigenvalue weighted by molar-refractivity contribution is 14.1. The molecule has 0 heterocycles. The van der Waals surface area contributed by atoms with E-state index in [4.69, 9.17) is 0 Å². The van der Waals surface area contributed by atoms with Crippen LogP contribution in [-0.2, 0) is 0 Å². The molecule has 0 N–H and O–H groups in total. The van der Waals surface area contributed by atoms with Gasteiger partial charge in [-0.05, 0) is 53.8 Å². The van der Waals surface area contributed by atoms with Gasteiger partial charge >= 0.3 is 0 Å². The van der Waals surface area contributed by atoms with Crippen molar-refractivity contribution in [3.63, 3.8) is 0 Å². The summed E-state index contributed by atoms with van der Waals surface area (Å²) in [6.07, 6.45) is 4.97. The van der Waals surface area contributed by atoms with Gasteiger partial charge in [-0.1, -0.05) is 79.0 Å². The van der Waals surface area contributed by atoms with Crippen LogP contribution in [-0.4, -0.2) is 7.35 Å². The third-order valence-corrected chi connectivity index (χ3v) is 11.3. The first kappa shape index (κ1) is 15.1. The van der Waals surface area contributed by atoms with E-state index in [0.717, 1.165) is 21.7 Å². The van der Waals surface area contributed by atoms with E-state index in [0.29, 0.717) is 19.7 Å². The van der Waals surface area contributed by atoms with E-state index < -0.39 is 0 Å². The first-order valence-electron chi connectivity index (χ1n) is 7.66. The van der Waals surface area contributed by atoms with Crippen molar-refractivity contribution in [2.45, 2.75) is 54.8 Å². The van der Waals surface area contributed by atoms with Gasteiger partial charge in [-0.25, -0.2) is 0 Å². The summed E-state index contributed by atoms with van der Waals surface area (Å²) >= 11 is 5.50. The minimum atomic E-state index is 0.443. The number of halogens is 2. The van der Waals surface area contributed by atoms with Gasteiger partial charge in [0.15, 0.2) is 0 Å². The second-order valence-corrected chi connectivity index (χ2v) is 11.6. The van der Waals surface area contributed by atoms with Gasteiger partial charge in [0, 0.05) is 7.35 Å². The summed E-state index contributed by atoms with van der Waals surface area (Å²) in [6, 6.07) is 0. The van der Waals surface area contributed by atoms with Gasteiger partial charge < -0.3 is 0 Å². The summed E-state index contributed by atoms with van der Waals surface area (Å²) in [6.45, 7) is 16.5. The highest BCUT2D eigenvalue weighted by Crippen LogP contribution is 3.06. The molecule has 2 heteroatoms. The molecule has 0 aromatic rings. The van der Waals surface area contributed by atoms with Crippen LogP contribution >= 0.6 is 45.2 Å². The lowest BCUT2D eigenvalue weighted by atomic mass is 9.72. The molecule has 6 unspecified atom stereocenters. The van der Waals surface area contributed by atoms with Crippen LogP contribution in [0.2, 0.25) is 0 Å². The largest absolute Gasteiger partial charge is 0.103 e. The summed E-state index contributed by atoms with van der Waals surface area (Å²) in [4.78, 5) is 0. The number of allylic oxidation sites excluding steroid dienone is 1. The zero-order valence-corrected chi connectivity index (χ0v) is 17.1. The SMILES string of the molecule is C=CC(CC)C12C(C)C13C2CC(C)([C@H](C)I)[C@@]3(C)I. The zero-order valence-electron chi connectivity index (χ0n) is 12.8. The van der Waals surface area contributed by atoms with Crippen LogP contribution in [0.4, 0.5) is 0 Å². The first-order valence-corrected chi connectivity index (χ1v) is 9.99. The fourth-order valence-corrected chi connectivity index (χ4v) is 10.0. The van der Waals surface area contributed by atoms with Crippen LogP contribution < -0.4 is 0 Å². The molecule has 0 bridgehead atoms. The minimum Gasteiger partial charge on any atom is -0.103 e. The molecule has 108 valence electrons. The van der Waals surface area contributed by atoms with Crippen LogP contribution in [0.25, 0.3) is 0 Å². The van der Waals surface area contributed by atoms with Gasteiger partial charge in [-0.2, -0.15) is 0 Å². The van der Waals surface area contributed by atoms with Crippen molar-refractivity contribution in [2.24, 2.45) is 34.0 Å². The molecule has 0 amide bonds. The molecule has 0 aromatic carbocycles. The number of fused-ring (bicyclic) bond motifs is 1. The van der Waals surface area contributed by atoms with Crippen LogP contribution in [0, 0.1) is 34.0 Å². The molecule has 3 aliphatic rings. The van der Waals surface area contributed by atoms with Crippen LogP contribution in [0.3, 0.4) is 0 Å². The van der Waals surface area contributed by atoms with Gasteiger partial charge in [0.1, 0.15) is 0 Å². The minimum absolute atomic E-state index is 0.443. The predicted molar refractivity (Wildman–Crippen MR) is 100 cm³/mol. The maximum absolute atomic E-state index is 4.14. The topological polar surface area (TPSA) is 0 Å². The lowest BCUT2D eigenvalue weighted by Crippen LogP contribution is -2.44. The molecule has 3 rings (SSSR count). The number of rotatable bonds is 4. The van der Waals surface area contributed by atoms with Gasteiger partial charge in [0.05, 0.1) is 0 Å². The molecule has 0 radical (unpaired) electrons. The van der Waals surface area contributed by atoms with Crippen molar-refractivity contribution in [3.8, 4) is 0 Å². The average Bonchev–Trinajstić information content (AvgIpc) is 3.11. The Morgan fingerprint density at radius 3 is 2.37 bits per heavy atom. The monoisotopic (exact) mass is 484 g/mol. The molecule has 19 heavy (non-hydrogen) atoms. The third kappa shape index (κ3) is 1.19. The summed E-state index contributed by atoms with van der Waals surface area (Å²) < 4.78 is 1.20. The molecular weight excluding hydrogens is 458 g/mol. The van der Waals surface area contributed by atoms with Crippen molar-refractivity contribution >= 4 is 45.2 Å². The molecule has 0 nitrogen and oxygen atoms in total. The lowest BCUT2D eigenvalue weighted by Gasteiger charge is -2.43. The van der Waals surface area contributed by atoms with Gasteiger partial charge in [0.2, 0.25) is 0 Å². The van der Waals surface area contributed by atoms with Crippen molar-refractivity contribution in [1.82, 2.24) is 0 Å². The molecule has 0 aromatic heterocycles. The molecule has 3 fully saturated rings. The predicted octanol–water partition coefficient (Wildman–Crippen LogP) is 5.88. The van der Waals surface area contributed by atoms with Crippen molar-refractivity contribution in [1.29, 1.82) is 0 Å². The quantitative estimate of drug-likeness (QED) is 0.266. The van der Waals surface area contributed by atoms with E-state index in [9.17, 15) is 0 Å². The Bertz CT molecular complexity index is 441. The van der Waals surface area contributed by atoms with Gasteiger partial charge in [-0.3, -0.25) is 0 Å². The Balaban J connectivity index is 2.01. The Hall–Kier alpha value is 1.20. The van der Waals surface area contributed by atoms with E-state index in [1.807, 2.05) is 0 Å². The van der Waals surface area contributed by atoms with Gasteiger partial charge in [0.25, 0.3) is 0 Å². The normalized spacial score (nSPS) is 61.0. The first-order chi connectivity index (χ1) is 8.71. The molecular formula is C17H26I2. The molecule has 8 atom stereocenters. The fourth-order valence-electron chi connectivity index (χ4n) is 6.56. The van der Waals surface area contributed by atoms with Crippen LogP contribution in [0.15, 0.2) is 12.7 Å². The molecule has 1 spiro atoms. The second kappa shape index (κ2) is 3.94. The standard InChI is InChI=1S/C17H26I2/c1-7-12(8-2)16-10(3)17(16)13(16)9-14(5,11(4)18)15(17,6)19/h7,10-13H,1,8-9H2,2-6H3/t10?,11-,12?,13?,14?,15+,16?,17?/m0/s1. The second-order valence-electron chi connectivity index (χ2n) is 7.57. The Labute approximate surface area is 145 Å². The van der Waals surface area contributed by atoms with E-state index in [1.54, 1.807) is 0 Å². The van der Waals surface area contributed by atoms with Crippen LogP contribution in [0.5, 0.6) is 0 Å². The average molecular weight is 484 g/mol. The Morgan fingerprint density at radius 2 is 2.00 bits per heavy atom. The van der Waals surface area contributed by atoms with E-state index in [1.165, 1.54) is 12.8 Å². The van der Waals surface area contributed by atoms with Crippen molar-refractivity contribution in [2.75, 3.05) is 0 Å². The zero-order chi connectivity index (χ0) is 14.4. The fraction of sp³-hybridized carbons (Fsp3) is 0.882. The van der Waals surface area contributed by atoms with Crippen LogP contribution in [0.1, 0.15) is 47.5 Å². The summed E-state index contributed by atoms with van der Waals surface area (Å²) in [5.41, 5.74) is 1.75. The molecule has 0 saturated heterocycles. The van der Waals surface area contributed by atoms with E-state index in [2.05, 4.69) is 92.5 Å². The number of alkyl halides is 2. The highest BCUT2D eigenvalue weighted by Gasteiger charge is 3.04. The number of hydrogen-bond acceptors (Lipinski definition) is 0. The maximum Gasteiger partial charge on any atom is 0.0325 e. The Kier molecular flexibility index (Phi) is 3.13. The third-order valence-electron chi connectivity index (χ3n) is 7.77. The molecule has 3 aliphatic carbocycles. The summed E-state index contributed by atoms with van der Waals surface area (Å²) in [5, 5.41) is 0. The smallest absolute Gasteiger partial charge is 0.0325 e. The Morgan fingerprint density at radius 1 is 1.42 bits per heavy atom. The van der Waals surface area contributed by atoms with Crippen molar-refractivity contribution in [3.05, 3.63) is 12.7 Å². The molecule has 3 saturated carbocycles.